The molecule has 6 heteroatoms. The maximum Gasteiger partial charge on any atom is 0.261 e. The first-order valence-electron chi connectivity index (χ1n) is 8.52. The van der Waals surface area contributed by atoms with Crippen LogP contribution in [0, 0.1) is 5.82 Å². The number of carbonyl (C=O) groups excluding carboxylic acids is 1. The zero-order valence-electron chi connectivity index (χ0n) is 14.9. The number of rotatable bonds is 6. The number of halogens is 1. The molecule has 2 aromatic carbocycles. The van der Waals surface area contributed by atoms with Gasteiger partial charge in [-0.25, -0.2) is 4.39 Å². The largest absolute Gasteiger partial charge is 0.493 e. The normalized spacial score (nSPS) is 16.4. The molecule has 1 aliphatic heterocycles. The van der Waals surface area contributed by atoms with E-state index in [-0.39, 0.29) is 24.4 Å². The maximum absolute atomic E-state index is 13.2. The van der Waals surface area contributed by atoms with Gasteiger partial charge in [-0.2, -0.15) is 0 Å². The minimum Gasteiger partial charge on any atom is -0.493 e. The average Bonchev–Trinajstić information content (AvgIpc) is 3.15. The fourth-order valence-corrected chi connectivity index (χ4v) is 3.26. The highest BCUT2D eigenvalue weighted by Gasteiger charge is 2.30. The number of nitrogens with zero attached hydrogens (tertiary/aromatic N) is 1. The number of hydrogen-bond acceptors (Lipinski definition) is 4. The Bertz CT molecular complexity index is 780. The van der Waals surface area contributed by atoms with Gasteiger partial charge in [-0.05, 0) is 42.7 Å². The molecular formula is C20H22FNO4. The van der Waals surface area contributed by atoms with Crippen LogP contribution in [-0.2, 0) is 4.79 Å². The molecule has 1 fully saturated rings. The van der Waals surface area contributed by atoms with Crippen molar-refractivity contribution in [3.05, 3.63) is 53.8 Å². The lowest BCUT2D eigenvalue weighted by molar-refractivity contribution is -0.134. The van der Waals surface area contributed by atoms with Gasteiger partial charge in [-0.3, -0.25) is 4.79 Å². The number of benzene rings is 2. The molecule has 5 nitrogen and oxygen atoms in total. The zero-order valence-corrected chi connectivity index (χ0v) is 14.9. The summed E-state index contributed by atoms with van der Waals surface area (Å²) in [5.74, 6) is 1.13. The van der Waals surface area contributed by atoms with Crippen LogP contribution in [0.15, 0.2) is 42.5 Å². The van der Waals surface area contributed by atoms with E-state index in [0.29, 0.717) is 23.8 Å². The van der Waals surface area contributed by atoms with Crippen LogP contribution in [-0.4, -0.2) is 38.2 Å². The lowest BCUT2D eigenvalue weighted by atomic mass is 10.0. The zero-order chi connectivity index (χ0) is 18.5. The van der Waals surface area contributed by atoms with Crippen LogP contribution in [0.3, 0.4) is 0 Å². The average molecular weight is 359 g/mol. The second kappa shape index (κ2) is 8.08. The molecule has 1 saturated heterocycles. The summed E-state index contributed by atoms with van der Waals surface area (Å²) < 4.78 is 29.3. The van der Waals surface area contributed by atoms with Gasteiger partial charge >= 0.3 is 0 Å². The molecule has 1 atom stereocenters. The molecule has 0 bridgehead atoms. The molecule has 0 aliphatic carbocycles. The first-order chi connectivity index (χ1) is 12.6. The van der Waals surface area contributed by atoms with Crippen molar-refractivity contribution in [1.29, 1.82) is 0 Å². The van der Waals surface area contributed by atoms with E-state index in [4.69, 9.17) is 14.2 Å². The quantitative estimate of drug-likeness (QED) is 0.791. The fraction of sp³-hybridized carbons (Fsp3) is 0.350. The van der Waals surface area contributed by atoms with Crippen molar-refractivity contribution in [2.24, 2.45) is 0 Å². The highest BCUT2D eigenvalue weighted by Crippen LogP contribution is 2.36. The van der Waals surface area contributed by atoms with Crippen molar-refractivity contribution in [2.75, 3.05) is 27.4 Å². The standard InChI is InChI=1S/C20H22FNO4/c1-24-18-9-8-14(11-19(18)25-2)17-7-4-10-22(17)20(23)13-26-16-6-3-5-15(21)12-16/h3,5-6,8-9,11-12,17H,4,7,10,13H2,1-2H3. The van der Waals surface area contributed by atoms with Crippen LogP contribution >= 0.6 is 0 Å². The van der Waals surface area contributed by atoms with Crippen molar-refractivity contribution in [2.45, 2.75) is 18.9 Å². The van der Waals surface area contributed by atoms with Gasteiger partial charge in [-0.1, -0.05) is 12.1 Å². The summed E-state index contributed by atoms with van der Waals surface area (Å²) in [6, 6.07) is 11.5. The van der Waals surface area contributed by atoms with Crippen LogP contribution in [0.4, 0.5) is 4.39 Å². The predicted octanol–water partition coefficient (Wildman–Crippen LogP) is 3.59. The predicted molar refractivity (Wildman–Crippen MR) is 95.1 cm³/mol. The third kappa shape index (κ3) is 3.90. The van der Waals surface area contributed by atoms with Gasteiger partial charge in [0.25, 0.3) is 5.91 Å². The van der Waals surface area contributed by atoms with Gasteiger partial charge in [0.15, 0.2) is 18.1 Å². The van der Waals surface area contributed by atoms with Crippen molar-refractivity contribution in [3.8, 4) is 17.2 Å². The lowest BCUT2D eigenvalue weighted by Gasteiger charge is -2.25. The molecule has 0 spiro atoms. The Labute approximate surface area is 152 Å². The molecule has 1 amide bonds. The summed E-state index contributed by atoms with van der Waals surface area (Å²) in [7, 11) is 3.18. The van der Waals surface area contributed by atoms with Gasteiger partial charge in [0.2, 0.25) is 0 Å². The first-order valence-corrected chi connectivity index (χ1v) is 8.52. The fourth-order valence-electron chi connectivity index (χ4n) is 3.26. The number of likely N-dealkylation sites (tertiary alicyclic amines) is 1. The maximum atomic E-state index is 13.2. The van der Waals surface area contributed by atoms with Gasteiger partial charge in [0.05, 0.1) is 20.3 Å². The summed E-state index contributed by atoms with van der Waals surface area (Å²) >= 11 is 0. The van der Waals surface area contributed by atoms with Crippen molar-refractivity contribution in [3.63, 3.8) is 0 Å². The van der Waals surface area contributed by atoms with E-state index < -0.39 is 0 Å². The van der Waals surface area contributed by atoms with E-state index in [2.05, 4.69) is 0 Å². The highest BCUT2D eigenvalue weighted by atomic mass is 19.1. The summed E-state index contributed by atoms with van der Waals surface area (Å²) in [4.78, 5) is 14.4. The smallest absolute Gasteiger partial charge is 0.261 e. The molecule has 0 radical (unpaired) electrons. The van der Waals surface area contributed by atoms with E-state index >= 15 is 0 Å². The van der Waals surface area contributed by atoms with E-state index in [0.717, 1.165) is 18.4 Å². The molecule has 1 heterocycles. The first kappa shape index (κ1) is 18.0. The Morgan fingerprint density at radius 2 is 1.96 bits per heavy atom. The van der Waals surface area contributed by atoms with Gasteiger partial charge in [-0.15, -0.1) is 0 Å². The number of ether oxygens (including phenoxy) is 3. The van der Waals surface area contributed by atoms with Crippen molar-refractivity contribution in [1.82, 2.24) is 4.90 Å². The highest BCUT2D eigenvalue weighted by molar-refractivity contribution is 5.78. The molecule has 2 aromatic rings. The molecular weight excluding hydrogens is 337 g/mol. The molecule has 0 N–H and O–H groups in total. The summed E-state index contributed by atoms with van der Waals surface area (Å²) in [6.07, 6.45) is 1.80. The van der Waals surface area contributed by atoms with E-state index in [1.54, 1.807) is 31.3 Å². The molecule has 1 aliphatic rings. The number of hydrogen-bond donors (Lipinski definition) is 0. The topological polar surface area (TPSA) is 48.0 Å². The van der Waals surface area contributed by atoms with E-state index in [9.17, 15) is 9.18 Å². The summed E-state index contributed by atoms with van der Waals surface area (Å²) in [5.41, 5.74) is 0.999. The second-order valence-electron chi connectivity index (χ2n) is 6.11. The number of methoxy groups -OCH3 is 2. The monoisotopic (exact) mass is 359 g/mol. The second-order valence-corrected chi connectivity index (χ2v) is 6.11. The van der Waals surface area contributed by atoms with Crippen LogP contribution in [0.2, 0.25) is 0 Å². The van der Waals surface area contributed by atoms with Crippen LogP contribution in [0.25, 0.3) is 0 Å². The van der Waals surface area contributed by atoms with Crippen LogP contribution < -0.4 is 14.2 Å². The molecule has 1 unspecified atom stereocenters. The van der Waals surface area contributed by atoms with Crippen LogP contribution in [0.1, 0.15) is 24.4 Å². The summed E-state index contributed by atoms with van der Waals surface area (Å²) in [6.45, 7) is 0.553. The van der Waals surface area contributed by atoms with Crippen molar-refractivity contribution < 1.29 is 23.4 Å². The van der Waals surface area contributed by atoms with E-state index in [1.807, 2.05) is 18.2 Å². The Hall–Kier alpha value is -2.76. The Kier molecular flexibility index (Phi) is 5.61. The third-order valence-electron chi connectivity index (χ3n) is 4.52. The SMILES string of the molecule is COc1ccc(C2CCCN2C(=O)COc2cccc(F)c2)cc1OC. The Morgan fingerprint density at radius 1 is 1.15 bits per heavy atom. The lowest BCUT2D eigenvalue weighted by Crippen LogP contribution is -2.34. The van der Waals surface area contributed by atoms with Gasteiger partial charge < -0.3 is 19.1 Å². The van der Waals surface area contributed by atoms with Crippen LogP contribution in [0.5, 0.6) is 17.2 Å². The Balaban J connectivity index is 1.70. The van der Waals surface area contributed by atoms with Crippen molar-refractivity contribution >= 4 is 5.91 Å². The molecule has 0 saturated carbocycles. The third-order valence-corrected chi connectivity index (χ3v) is 4.52. The molecule has 3 rings (SSSR count). The minimum absolute atomic E-state index is 0.0292. The molecule has 0 aromatic heterocycles. The molecule has 26 heavy (non-hydrogen) atoms. The van der Waals surface area contributed by atoms with Gasteiger partial charge in [0.1, 0.15) is 11.6 Å². The minimum atomic E-state index is -0.390. The Morgan fingerprint density at radius 3 is 2.69 bits per heavy atom. The number of amides is 1. The summed E-state index contributed by atoms with van der Waals surface area (Å²) in [5, 5.41) is 0. The van der Waals surface area contributed by atoms with Gasteiger partial charge in [0, 0.05) is 12.6 Å². The van der Waals surface area contributed by atoms with E-state index in [1.165, 1.54) is 12.1 Å². The number of carbonyl (C=O) groups is 1. The molecule has 138 valence electrons.